The summed E-state index contributed by atoms with van der Waals surface area (Å²) in [5.74, 6) is 0.919. The molecule has 0 fully saturated rings. The summed E-state index contributed by atoms with van der Waals surface area (Å²) in [6.07, 6.45) is 1.93. The third kappa shape index (κ3) is 3.86. The Labute approximate surface area is 162 Å². The minimum atomic E-state index is -0.0853. The van der Waals surface area contributed by atoms with Gasteiger partial charge in [-0.3, -0.25) is 4.79 Å². The number of aromatic nitrogens is 3. The van der Waals surface area contributed by atoms with Crippen molar-refractivity contribution in [1.82, 2.24) is 20.0 Å². The largest absolute Gasteiger partial charge is 0.350 e. The third-order valence-electron chi connectivity index (χ3n) is 4.46. The van der Waals surface area contributed by atoms with Crippen LogP contribution in [-0.2, 0) is 6.54 Å². The molecule has 6 nitrogen and oxygen atoms in total. The maximum atomic E-state index is 12.2. The van der Waals surface area contributed by atoms with E-state index in [2.05, 4.69) is 15.5 Å². The van der Waals surface area contributed by atoms with Crippen LogP contribution in [0.3, 0.4) is 0 Å². The predicted octanol–water partition coefficient (Wildman–Crippen LogP) is 3.94. The Morgan fingerprint density at radius 3 is 2.61 bits per heavy atom. The highest BCUT2D eigenvalue weighted by atomic mass is 16.5. The molecule has 28 heavy (non-hydrogen) atoms. The van der Waals surface area contributed by atoms with E-state index >= 15 is 0 Å². The minimum Gasteiger partial charge on any atom is -0.350 e. The number of nitrogens with zero attached hydrogens (tertiary/aromatic N) is 3. The second-order valence-electron chi connectivity index (χ2n) is 6.50. The van der Waals surface area contributed by atoms with E-state index in [1.165, 1.54) is 0 Å². The second kappa shape index (κ2) is 7.92. The molecular weight excluding hydrogens is 352 g/mol. The average Bonchev–Trinajstić information content (AvgIpc) is 3.38. The lowest BCUT2D eigenvalue weighted by atomic mass is 10.1. The summed E-state index contributed by atoms with van der Waals surface area (Å²) in [5, 5.41) is 7.01. The van der Waals surface area contributed by atoms with Crippen molar-refractivity contribution in [2.75, 3.05) is 6.54 Å². The highest BCUT2D eigenvalue weighted by Crippen LogP contribution is 2.22. The Kier molecular flexibility index (Phi) is 5.01. The highest BCUT2D eigenvalue weighted by Gasteiger charge is 2.14. The van der Waals surface area contributed by atoms with Crippen molar-refractivity contribution >= 4 is 5.91 Å². The molecular formula is C22H20N4O2. The van der Waals surface area contributed by atoms with Gasteiger partial charge in [-0.1, -0.05) is 53.2 Å². The van der Waals surface area contributed by atoms with Crippen LogP contribution in [0.2, 0.25) is 0 Å². The van der Waals surface area contributed by atoms with Gasteiger partial charge >= 0.3 is 0 Å². The van der Waals surface area contributed by atoms with Gasteiger partial charge in [0.05, 0.1) is 0 Å². The third-order valence-corrected chi connectivity index (χ3v) is 4.46. The van der Waals surface area contributed by atoms with E-state index in [-0.39, 0.29) is 5.91 Å². The molecule has 0 spiro atoms. The fraction of sp³-hybridized carbons (Fsp3) is 0.136. The first-order chi connectivity index (χ1) is 13.7. The van der Waals surface area contributed by atoms with Crippen molar-refractivity contribution in [2.45, 2.75) is 13.5 Å². The first-order valence-electron chi connectivity index (χ1n) is 9.10. The van der Waals surface area contributed by atoms with E-state index in [1.807, 2.05) is 84.4 Å². The second-order valence-corrected chi connectivity index (χ2v) is 6.50. The van der Waals surface area contributed by atoms with Crippen molar-refractivity contribution in [3.63, 3.8) is 0 Å². The average molecular weight is 372 g/mol. The van der Waals surface area contributed by atoms with Crippen LogP contribution in [0.15, 0.2) is 77.4 Å². The van der Waals surface area contributed by atoms with E-state index in [9.17, 15) is 4.79 Å². The van der Waals surface area contributed by atoms with Crippen LogP contribution in [0.1, 0.15) is 15.9 Å². The normalized spacial score (nSPS) is 10.8. The number of carbonyl (C=O) groups excluding carboxylic acids is 1. The number of hydrogen-bond donors (Lipinski definition) is 1. The predicted molar refractivity (Wildman–Crippen MR) is 107 cm³/mol. The smallest absolute Gasteiger partial charge is 0.274 e. The van der Waals surface area contributed by atoms with Crippen LogP contribution < -0.4 is 5.32 Å². The zero-order valence-corrected chi connectivity index (χ0v) is 15.5. The van der Waals surface area contributed by atoms with Gasteiger partial charge in [0.2, 0.25) is 5.82 Å². The van der Waals surface area contributed by atoms with E-state index in [4.69, 9.17) is 4.52 Å². The molecule has 0 radical (unpaired) electrons. The lowest BCUT2D eigenvalue weighted by molar-refractivity contribution is 0.0952. The van der Waals surface area contributed by atoms with Crippen molar-refractivity contribution in [1.29, 1.82) is 0 Å². The van der Waals surface area contributed by atoms with Gasteiger partial charge in [-0.15, -0.1) is 0 Å². The Balaban J connectivity index is 1.41. The van der Waals surface area contributed by atoms with Crippen molar-refractivity contribution in [2.24, 2.45) is 0 Å². The fourth-order valence-corrected chi connectivity index (χ4v) is 2.93. The van der Waals surface area contributed by atoms with Gasteiger partial charge < -0.3 is 14.4 Å². The van der Waals surface area contributed by atoms with E-state index in [0.29, 0.717) is 30.4 Å². The molecule has 0 aliphatic carbocycles. The summed E-state index contributed by atoms with van der Waals surface area (Å²) < 4.78 is 7.43. The minimum absolute atomic E-state index is 0.0853. The molecule has 4 aromatic rings. The molecule has 0 saturated heterocycles. The molecule has 6 heteroatoms. The molecule has 0 atom stereocenters. The maximum Gasteiger partial charge on any atom is 0.274 e. The molecule has 0 bridgehead atoms. The molecule has 1 amide bonds. The summed E-state index contributed by atoms with van der Waals surface area (Å²) in [6, 6.07) is 21.1. The van der Waals surface area contributed by atoms with E-state index in [0.717, 1.165) is 16.8 Å². The first kappa shape index (κ1) is 17.7. The van der Waals surface area contributed by atoms with Crippen molar-refractivity contribution < 1.29 is 9.32 Å². The summed E-state index contributed by atoms with van der Waals surface area (Å²) >= 11 is 0. The summed E-state index contributed by atoms with van der Waals surface area (Å²) in [6.45, 7) is 3.09. The van der Waals surface area contributed by atoms with Crippen LogP contribution in [0.25, 0.3) is 23.0 Å². The number of rotatable bonds is 6. The first-order valence-corrected chi connectivity index (χ1v) is 9.10. The molecule has 2 heterocycles. The molecule has 0 saturated carbocycles. The Morgan fingerprint density at radius 2 is 1.82 bits per heavy atom. The van der Waals surface area contributed by atoms with Gasteiger partial charge in [-0.05, 0) is 31.2 Å². The Hall–Kier alpha value is -3.67. The standard InChI is InChI=1S/C22H20N4O2/c1-16-9-11-18(12-10-16)21(27)23-13-15-26-14-5-8-19(26)22-24-20(25-28-22)17-6-3-2-4-7-17/h2-12,14H,13,15H2,1H3,(H,23,27). The molecule has 2 aromatic heterocycles. The number of nitrogens with one attached hydrogen (secondary N) is 1. The van der Waals surface area contributed by atoms with Gasteiger partial charge in [-0.2, -0.15) is 4.98 Å². The number of aryl methyl sites for hydroxylation is 1. The molecule has 0 aliphatic rings. The topological polar surface area (TPSA) is 73.0 Å². The Bertz CT molecular complexity index is 1070. The van der Waals surface area contributed by atoms with Gasteiger partial charge in [0.25, 0.3) is 11.8 Å². The van der Waals surface area contributed by atoms with Gasteiger partial charge in [0.15, 0.2) is 0 Å². The van der Waals surface area contributed by atoms with Crippen molar-refractivity contribution in [3.05, 3.63) is 84.1 Å². The Morgan fingerprint density at radius 1 is 1.04 bits per heavy atom. The summed E-state index contributed by atoms with van der Waals surface area (Å²) in [4.78, 5) is 16.7. The van der Waals surface area contributed by atoms with Crippen LogP contribution in [0, 0.1) is 6.92 Å². The van der Waals surface area contributed by atoms with Crippen LogP contribution in [0.5, 0.6) is 0 Å². The SMILES string of the molecule is Cc1ccc(C(=O)NCCn2cccc2-c2nc(-c3ccccc3)no2)cc1. The fourth-order valence-electron chi connectivity index (χ4n) is 2.93. The monoisotopic (exact) mass is 372 g/mol. The van der Waals surface area contributed by atoms with Crippen molar-refractivity contribution in [3.8, 4) is 23.0 Å². The quantitative estimate of drug-likeness (QED) is 0.556. The number of amides is 1. The summed E-state index contributed by atoms with van der Waals surface area (Å²) in [7, 11) is 0. The zero-order chi connectivity index (χ0) is 19.3. The molecule has 2 aromatic carbocycles. The van der Waals surface area contributed by atoms with Gasteiger partial charge in [-0.25, -0.2) is 0 Å². The summed E-state index contributed by atoms with van der Waals surface area (Å²) in [5.41, 5.74) is 3.51. The zero-order valence-electron chi connectivity index (χ0n) is 15.5. The highest BCUT2D eigenvalue weighted by molar-refractivity contribution is 5.94. The molecule has 1 N–H and O–H groups in total. The van der Waals surface area contributed by atoms with E-state index < -0.39 is 0 Å². The van der Waals surface area contributed by atoms with Crippen LogP contribution in [-0.4, -0.2) is 27.2 Å². The number of hydrogen-bond acceptors (Lipinski definition) is 4. The molecule has 0 unspecified atom stereocenters. The molecule has 4 rings (SSSR count). The van der Waals surface area contributed by atoms with Crippen LogP contribution in [0.4, 0.5) is 0 Å². The molecule has 140 valence electrons. The maximum absolute atomic E-state index is 12.2. The van der Waals surface area contributed by atoms with Crippen LogP contribution >= 0.6 is 0 Å². The van der Waals surface area contributed by atoms with Gasteiger partial charge in [0, 0.05) is 30.4 Å². The number of carbonyl (C=O) groups is 1. The molecule has 0 aliphatic heterocycles. The van der Waals surface area contributed by atoms with E-state index in [1.54, 1.807) is 0 Å². The van der Waals surface area contributed by atoms with Gasteiger partial charge in [0.1, 0.15) is 5.69 Å². The number of benzene rings is 2. The lowest BCUT2D eigenvalue weighted by Gasteiger charge is -2.08. The lowest BCUT2D eigenvalue weighted by Crippen LogP contribution is -2.27.